The van der Waals surface area contributed by atoms with Crippen LogP contribution in [-0.2, 0) is 60.2 Å². The number of phosphoric acid groups is 1. The van der Waals surface area contributed by atoms with E-state index in [-0.39, 0.29) is 55.6 Å². The molecule has 412 valence electrons. The SMILES string of the molecule is CCN1CCN(CC(=O)O)CCN(CC(=O)O)CCN(CC(=O)N[C@H](Cc2ccc(OP(=O)(O)O)cc2)C(=O)NCCCOCCOCCOCCCNC(=O)CCCOc2cc(C)c(S(=O)[O-])c(C)c2)CC1. The van der Waals surface area contributed by atoms with Crippen molar-refractivity contribution in [1.29, 1.82) is 0 Å². The monoisotopic (exact) mass is 1070 g/mol. The summed E-state index contributed by atoms with van der Waals surface area (Å²) in [6.45, 7) is 12.0. The van der Waals surface area contributed by atoms with E-state index in [4.69, 9.17) is 18.9 Å². The Kier molecular flexibility index (Phi) is 29.9. The standard InChI is InChI=1S/C47H76N7O17PS/c1-4-51-15-17-52(19-20-54(35-45(59)60)22-21-53(18-16-51)34-44(57)58)33-43(56)50-41(32-38-9-11-39(12-10-38)71-72(62,63)64)47(61)49-14-7-24-68-27-29-69-28-26-67-23-6-13-48-42(55)8-5-25-70-40-30-36(2)46(73(65)66)37(3)31-40/h9-12,30-31,41H,4-8,13-29,32-35H2,1-3H3,(H,48,55)(H,49,61)(H,50,56)(H,57,58)(H,59,60)(H,65,66)(H2,62,63,64)/p-1/t41-/m1/s1. The molecule has 0 aliphatic carbocycles. The van der Waals surface area contributed by atoms with Crippen LogP contribution in [0.4, 0.5) is 0 Å². The lowest BCUT2D eigenvalue weighted by molar-refractivity contribution is -0.140. The fourth-order valence-electron chi connectivity index (χ4n) is 7.68. The fraction of sp³-hybridized carbons (Fsp3) is 0.638. The molecule has 1 aliphatic heterocycles. The molecule has 24 nitrogen and oxygen atoms in total. The molecule has 1 fully saturated rings. The molecule has 0 aromatic heterocycles. The normalized spacial score (nSPS) is 15.6. The summed E-state index contributed by atoms with van der Waals surface area (Å²) in [5, 5.41) is 27.5. The molecule has 7 N–H and O–H groups in total. The van der Waals surface area contributed by atoms with Crippen molar-refractivity contribution in [3.05, 3.63) is 53.1 Å². The number of aliphatic carboxylic acids is 2. The Morgan fingerprint density at radius 3 is 1.63 bits per heavy atom. The molecule has 2 aromatic rings. The number of carbonyl (C=O) groups is 5. The summed E-state index contributed by atoms with van der Waals surface area (Å²) in [6.07, 6.45) is 1.91. The number of hydrogen-bond donors (Lipinski definition) is 7. The maximum Gasteiger partial charge on any atom is 0.524 e. The van der Waals surface area contributed by atoms with Crippen LogP contribution < -0.4 is 25.2 Å². The summed E-state index contributed by atoms with van der Waals surface area (Å²) in [5.74, 6) is -2.53. The summed E-state index contributed by atoms with van der Waals surface area (Å²) in [7, 11) is -4.80. The van der Waals surface area contributed by atoms with E-state index >= 15 is 0 Å². The Hall–Kier alpha value is -4.63. The van der Waals surface area contributed by atoms with Crippen molar-refractivity contribution in [3.63, 3.8) is 0 Å². The summed E-state index contributed by atoms with van der Waals surface area (Å²) in [6, 6.07) is 8.06. The van der Waals surface area contributed by atoms with Gasteiger partial charge in [0.25, 0.3) is 0 Å². The number of carbonyl (C=O) groups excluding carboxylic acids is 3. The van der Waals surface area contributed by atoms with Crippen LogP contribution in [0.5, 0.6) is 11.5 Å². The van der Waals surface area contributed by atoms with Crippen molar-refractivity contribution in [1.82, 2.24) is 35.6 Å². The number of likely N-dealkylation sites (N-methyl/N-ethyl adjacent to an activating group) is 1. The average Bonchev–Trinajstić information content (AvgIpc) is 3.30. The van der Waals surface area contributed by atoms with Gasteiger partial charge in [0.05, 0.1) is 52.7 Å². The van der Waals surface area contributed by atoms with E-state index in [2.05, 4.69) is 25.4 Å². The number of nitrogens with one attached hydrogen (secondary N) is 3. The van der Waals surface area contributed by atoms with Crippen LogP contribution >= 0.6 is 7.82 Å². The zero-order valence-electron chi connectivity index (χ0n) is 42.2. The van der Waals surface area contributed by atoms with E-state index in [0.29, 0.717) is 153 Å². The quantitative estimate of drug-likeness (QED) is 0.0289. The molecule has 3 amide bonds. The number of carboxylic acids is 2. The molecular weight excluding hydrogens is 998 g/mol. The van der Waals surface area contributed by atoms with E-state index in [1.54, 1.807) is 35.8 Å². The number of benzene rings is 2. The Morgan fingerprint density at radius 1 is 0.671 bits per heavy atom. The van der Waals surface area contributed by atoms with Crippen LogP contribution in [0.1, 0.15) is 49.3 Å². The number of nitrogens with zero attached hydrogens (tertiary/aromatic N) is 4. The smallest absolute Gasteiger partial charge is 0.524 e. The number of phosphoric ester groups is 1. The molecule has 26 heteroatoms. The van der Waals surface area contributed by atoms with Gasteiger partial charge in [-0.05, 0) is 91.7 Å². The molecule has 0 spiro atoms. The molecule has 2 aromatic carbocycles. The van der Waals surface area contributed by atoms with Gasteiger partial charge in [-0.2, -0.15) is 0 Å². The summed E-state index contributed by atoms with van der Waals surface area (Å²) >= 11 is -2.32. The summed E-state index contributed by atoms with van der Waals surface area (Å²) in [4.78, 5) is 88.9. The second kappa shape index (κ2) is 34.8. The van der Waals surface area contributed by atoms with Gasteiger partial charge in [0.15, 0.2) is 0 Å². The maximum atomic E-state index is 13.7. The zero-order valence-corrected chi connectivity index (χ0v) is 43.9. The zero-order chi connectivity index (χ0) is 53.6. The van der Waals surface area contributed by atoms with Gasteiger partial charge in [-0.1, -0.05) is 19.1 Å². The first kappa shape index (κ1) is 62.7. The highest BCUT2D eigenvalue weighted by molar-refractivity contribution is 7.79. The first-order valence-corrected chi connectivity index (χ1v) is 27.0. The number of aryl methyl sites for hydroxylation is 2. The molecule has 1 unspecified atom stereocenters. The van der Waals surface area contributed by atoms with Gasteiger partial charge in [-0.3, -0.25) is 52.7 Å². The summed E-state index contributed by atoms with van der Waals surface area (Å²) < 4.78 is 61.2. The van der Waals surface area contributed by atoms with Crippen molar-refractivity contribution < 1.29 is 80.8 Å². The molecule has 0 bridgehead atoms. The van der Waals surface area contributed by atoms with E-state index in [1.165, 1.54) is 24.3 Å². The van der Waals surface area contributed by atoms with E-state index in [0.717, 1.165) is 0 Å². The number of ether oxygens (including phenoxy) is 4. The number of hydrogen-bond acceptors (Lipinski definition) is 17. The predicted octanol–water partition coefficient (Wildman–Crippen LogP) is 0.373. The van der Waals surface area contributed by atoms with E-state index < -0.39 is 48.7 Å². The lowest BCUT2D eigenvalue weighted by atomic mass is 10.0. The van der Waals surface area contributed by atoms with Crippen LogP contribution in [0.3, 0.4) is 0 Å². The van der Waals surface area contributed by atoms with Crippen molar-refractivity contribution >= 4 is 48.6 Å². The second-order valence-electron chi connectivity index (χ2n) is 17.4. The van der Waals surface area contributed by atoms with Crippen LogP contribution in [0, 0.1) is 13.8 Å². The molecule has 73 heavy (non-hydrogen) atoms. The van der Waals surface area contributed by atoms with Crippen LogP contribution in [0.25, 0.3) is 0 Å². The molecule has 2 atom stereocenters. The van der Waals surface area contributed by atoms with Gasteiger partial charge in [0.2, 0.25) is 17.7 Å². The summed E-state index contributed by atoms with van der Waals surface area (Å²) in [5.41, 5.74) is 1.78. The third-order valence-corrected chi connectivity index (χ3v) is 12.8. The predicted molar refractivity (Wildman–Crippen MR) is 267 cm³/mol. The van der Waals surface area contributed by atoms with Gasteiger partial charge < -0.3 is 59.1 Å². The number of carboxylic acid groups (broad SMARTS) is 2. The van der Waals surface area contributed by atoms with Gasteiger partial charge in [0.1, 0.15) is 17.5 Å². The van der Waals surface area contributed by atoms with Crippen molar-refractivity contribution in [3.8, 4) is 11.5 Å². The van der Waals surface area contributed by atoms with Gasteiger partial charge in [-0.25, -0.2) is 4.57 Å². The highest BCUT2D eigenvalue weighted by Crippen LogP contribution is 2.37. The van der Waals surface area contributed by atoms with Crippen molar-refractivity contribution in [2.75, 3.05) is 138 Å². The molecule has 1 aliphatic rings. The Bertz CT molecular complexity index is 2060. The van der Waals surface area contributed by atoms with E-state index in [9.17, 15) is 57.3 Å². The third-order valence-electron chi connectivity index (χ3n) is 11.4. The average molecular weight is 1070 g/mol. The Labute approximate surface area is 429 Å². The van der Waals surface area contributed by atoms with Crippen LogP contribution in [0.15, 0.2) is 41.3 Å². The Morgan fingerprint density at radius 2 is 1.15 bits per heavy atom. The van der Waals surface area contributed by atoms with Gasteiger partial charge in [-0.15, -0.1) is 0 Å². The highest BCUT2D eigenvalue weighted by atomic mass is 32.2. The minimum Gasteiger partial charge on any atom is -0.768 e. The number of amides is 3. The minimum absolute atomic E-state index is 0.0398. The first-order valence-electron chi connectivity index (χ1n) is 24.4. The maximum absolute atomic E-state index is 13.7. The molecule has 0 saturated carbocycles. The van der Waals surface area contributed by atoms with E-state index in [1.807, 2.05) is 11.8 Å². The molecular formula is C47H75N7O17PS-. The molecule has 3 rings (SSSR count). The largest absolute Gasteiger partial charge is 0.768 e. The molecule has 1 saturated heterocycles. The van der Waals surface area contributed by atoms with Crippen molar-refractivity contribution in [2.24, 2.45) is 0 Å². The lowest BCUT2D eigenvalue weighted by Crippen LogP contribution is -2.52. The molecule has 0 radical (unpaired) electrons. The second-order valence-corrected chi connectivity index (χ2v) is 19.4. The highest BCUT2D eigenvalue weighted by Gasteiger charge is 2.25. The third kappa shape index (κ3) is 28.0. The minimum atomic E-state index is -4.80. The number of rotatable bonds is 33. The van der Waals surface area contributed by atoms with Crippen molar-refractivity contribution in [2.45, 2.75) is 63.8 Å². The topological polar surface area (TPSA) is 319 Å². The first-order chi connectivity index (χ1) is 34.8. The van der Waals surface area contributed by atoms with Gasteiger partial charge in [0, 0.05) is 96.4 Å². The van der Waals surface area contributed by atoms with Gasteiger partial charge >= 0.3 is 19.8 Å². The van der Waals surface area contributed by atoms with Crippen LogP contribution in [-0.4, -0.2) is 222 Å². The Balaban J connectivity index is 1.37. The van der Waals surface area contributed by atoms with Crippen LogP contribution in [0.2, 0.25) is 0 Å². The fourth-order valence-corrected chi connectivity index (χ4v) is 8.72. The lowest BCUT2D eigenvalue weighted by Gasteiger charge is -2.33. The molecule has 1 heterocycles.